The molecule has 2 heterocycles. The molecule has 0 spiro atoms. The lowest BCUT2D eigenvalue weighted by Gasteiger charge is -2.22. The monoisotopic (exact) mass is 624 g/mol. The average Bonchev–Trinajstić information content (AvgIpc) is 3.61. The molecule has 0 bridgehead atoms. The maximum Gasteiger partial charge on any atom is 0.334 e. The molecule has 0 saturated carbocycles. The first kappa shape index (κ1) is 39.2. The highest BCUT2D eigenvalue weighted by atomic mass is 16.5. The van der Waals surface area contributed by atoms with Crippen LogP contribution in [0.25, 0.3) is 0 Å². The number of carbonyl (C=O) groups excluding carboxylic acids is 1. The highest BCUT2D eigenvalue weighted by Gasteiger charge is 2.34. The fourth-order valence-electron chi connectivity index (χ4n) is 6.77. The van der Waals surface area contributed by atoms with Gasteiger partial charge >= 0.3 is 5.97 Å². The summed E-state index contributed by atoms with van der Waals surface area (Å²) in [7, 11) is 0. The van der Waals surface area contributed by atoms with Gasteiger partial charge in [-0.15, -0.1) is 0 Å². The molecule has 4 N–H and O–H groups in total. The van der Waals surface area contributed by atoms with Gasteiger partial charge in [0.1, 0.15) is 6.10 Å². The van der Waals surface area contributed by atoms with E-state index in [1.54, 1.807) is 6.08 Å². The molecule has 258 valence electrons. The van der Waals surface area contributed by atoms with Crippen molar-refractivity contribution in [2.24, 2.45) is 0 Å². The smallest absolute Gasteiger partial charge is 0.334 e. The third kappa shape index (κ3) is 17.6. The van der Waals surface area contributed by atoms with Crippen molar-refractivity contribution >= 4 is 5.97 Å². The van der Waals surface area contributed by atoms with Gasteiger partial charge in [-0.3, -0.25) is 0 Å². The Labute approximate surface area is 269 Å². The number of ether oxygens (including phenoxy) is 2. The highest BCUT2D eigenvalue weighted by Crippen LogP contribution is 2.28. The van der Waals surface area contributed by atoms with Crippen LogP contribution in [-0.2, 0) is 14.3 Å². The average molecular weight is 625 g/mol. The molecular formula is C37H68O7. The zero-order valence-corrected chi connectivity index (χ0v) is 28.3. The maximum atomic E-state index is 11.7. The van der Waals surface area contributed by atoms with Gasteiger partial charge in [0.15, 0.2) is 0 Å². The minimum Gasteiger partial charge on any atom is -0.455 e. The summed E-state index contributed by atoms with van der Waals surface area (Å²) in [5.41, 5.74) is 0.591. The minimum atomic E-state index is -0.504. The Morgan fingerprint density at radius 3 is 1.50 bits per heavy atom. The molecular weight excluding hydrogens is 556 g/mol. The van der Waals surface area contributed by atoms with Crippen molar-refractivity contribution in [1.82, 2.24) is 0 Å². The van der Waals surface area contributed by atoms with E-state index < -0.39 is 18.3 Å². The fourth-order valence-corrected chi connectivity index (χ4v) is 6.77. The van der Waals surface area contributed by atoms with Crippen molar-refractivity contribution in [3.8, 4) is 0 Å². The third-order valence-corrected chi connectivity index (χ3v) is 9.61. The Morgan fingerprint density at radius 2 is 1.05 bits per heavy atom. The molecule has 0 amide bonds. The van der Waals surface area contributed by atoms with E-state index in [1.807, 2.05) is 6.92 Å². The number of rotatable bonds is 28. The summed E-state index contributed by atoms with van der Waals surface area (Å²) in [6.07, 6.45) is 25.2. The second kappa shape index (κ2) is 24.2. The number of cyclic esters (lactones) is 1. The Balaban J connectivity index is 1.38. The second-order valence-electron chi connectivity index (χ2n) is 13.8. The van der Waals surface area contributed by atoms with E-state index in [2.05, 4.69) is 6.92 Å². The van der Waals surface area contributed by atoms with Crippen LogP contribution in [0.1, 0.15) is 174 Å². The van der Waals surface area contributed by atoms with Crippen molar-refractivity contribution < 1.29 is 34.7 Å². The van der Waals surface area contributed by atoms with Crippen LogP contribution in [0.4, 0.5) is 0 Å². The lowest BCUT2D eigenvalue weighted by Crippen LogP contribution is -2.31. The van der Waals surface area contributed by atoms with Gasteiger partial charge in [-0.05, 0) is 57.9 Å². The number of hydrogen-bond donors (Lipinski definition) is 4. The Kier molecular flexibility index (Phi) is 21.6. The number of unbranched alkanes of at least 4 members (excludes halogenated alkanes) is 14. The van der Waals surface area contributed by atoms with E-state index in [0.29, 0.717) is 24.8 Å². The molecule has 0 aromatic carbocycles. The Hall–Kier alpha value is -0.990. The second-order valence-corrected chi connectivity index (χ2v) is 13.8. The zero-order valence-electron chi connectivity index (χ0n) is 28.3. The number of hydrogen-bond acceptors (Lipinski definition) is 7. The van der Waals surface area contributed by atoms with E-state index >= 15 is 0 Å². The molecule has 1 fully saturated rings. The van der Waals surface area contributed by atoms with E-state index in [1.165, 1.54) is 57.8 Å². The van der Waals surface area contributed by atoms with Crippen molar-refractivity contribution in [2.45, 2.75) is 217 Å². The van der Waals surface area contributed by atoms with Gasteiger partial charge in [0.2, 0.25) is 0 Å². The number of esters is 1. The van der Waals surface area contributed by atoms with Gasteiger partial charge in [-0.1, -0.05) is 116 Å². The summed E-state index contributed by atoms with van der Waals surface area (Å²) in [6, 6.07) is 0. The SMILES string of the molecule is CCCCCCCCCCCCC(O)C1CCC(C(O)CCCCCC(O)CCCCCCC(O)CC2=CC(C)OC2=O)O1. The number of carbonyl (C=O) groups is 1. The van der Waals surface area contributed by atoms with Gasteiger partial charge in [0.05, 0.1) is 36.6 Å². The highest BCUT2D eigenvalue weighted by molar-refractivity contribution is 5.90. The standard InChI is InChI=1S/C37H68O7/c1-3-4-5-6-7-8-9-10-11-18-23-33(40)35-25-26-36(44-35)34(41)24-19-14-17-21-31(38)20-15-12-13-16-22-32(39)28-30-27-29(2)43-37(30)42/h27,29,31-36,38-41H,3-26,28H2,1-2H3. The third-order valence-electron chi connectivity index (χ3n) is 9.61. The molecule has 7 nitrogen and oxygen atoms in total. The lowest BCUT2D eigenvalue weighted by molar-refractivity contribution is -0.139. The van der Waals surface area contributed by atoms with Gasteiger partial charge < -0.3 is 29.9 Å². The van der Waals surface area contributed by atoms with E-state index in [9.17, 15) is 25.2 Å². The Bertz CT molecular complexity index is 756. The summed E-state index contributed by atoms with van der Waals surface area (Å²) in [5.74, 6) is -0.302. The van der Waals surface area contributed by atoms with Crippen LogP contribution >= 0.6 is 0 Å². The predicted octanol–water partition coefficient (Wildman–Crippen LogP) is 7.84. The van der Waals surface area contributed by atoms with E-state index in [4.69, 9.17) is 9.47 Å². The quantitative estimate of drug-likeness (QED) is 0.0518. The van der Waals surface area contributed by atoms with Crippen molar-refractivity contribution in [3.63, 3.8) is 0 Å². The van der Waals surface area contributed by atoms with Crippen molar-refractivity contribution in [1.29, 1.82) is 0 Å². The van der Waals surface area contributed by atoms with Crippen molar-refractivity contribution in [2.75, 3.05) is 0 Å². The summed E-state index contributed by atoms with van der Waals surface area (Å²) < 4.78 is 11.1. The van der Waals surface area contributed by atoms with Crippen LogP contribution in [0.3, 0.4) is 0 Å². The summed E-state index contributed by atoms with van der Waals surface area (Å²) >= 11 is 0. The lowest BCUT2D eigenvalue weighted by atomic mass is 9.99. The first-order valence-electron chi connectivity index (χ1n) is 18.6. The number of aliphatic hydroxyl groups is 4. The molecule has 2 aliphatic heterocycles. The summed E-state index contributed by atoms with van der Waals surface area (Å²) in [4.78, 5) is 11.7. The summed E-state index contributed by atoms with van der Waals surface area (Å²) in [6.45, 7) is 4.08. The van der Waals surface area contributed by atoms with Gasteiger partial charge in [0, 0.05) is 12.0 Å². The molecule has 0 aromatic heterocycles. The molecule has 7 heteroatoms. The van der Waals surface area contributed by atoms with Crippen LogP contribution in [0.15, 0.2) is 11.6 Å². The van der Waals surface area contributed by atoms with Crippen LogP contribution in [0.5, 0.6) is 0 Å². The van der Waals surface area contributed by atoms with Crippen molar-refractivity contribution in [3.05, 3.63) is 11.6 Å². The van der Waals surface area contributed by atoms with Crippen LogP contribution in [-0.4, -0.2) is 69.1 Å². The molecule has 0 aromatic rings. The molecule has 1 saturated heterocycles. The van der Waals surface area contributed by atoms with Crippen LogP contribution < -0.4 is 0 Å². The molecule has 0 aliphatic carbocycles. The molecule has 2 rings (SSSR count). The minimum absolute atomic E-state index is 0.132. The predicted molar refractivity (Wildman–Crippen MR) is 177 cm³/mol. The van der Waals surface area contributed by atoms with Gasteiger partial charge in [0.25, 0.3) is 0 Å². The van der Waals surface area contributed by atoms with Crippen LogP contribution in [0.2, 0.25) is 0 Å². The van der Waals surface area contributed by atoms with E-state index in [0.717, 1.165) is 83.5 Å². The van der Waals surface area contributed by atoms with Gasteiger partial charge in [-0.2, -0.15) is 0 Å². The largest absolute Gasteiger partial charge is 0.455 e. The fraction of sp³-hybridized carbons (Fsp3) is 0.919. The van der Waals surface area contributed by atoms with E-state index in [-0.39, 0.29) is 30.4 Å². The summed E-state index contributed by atoms with van der Waals surface area (Å²) in [5, 5.41) is 41.8. The topological polar surface area (TPSA) is 116 Å². The molecule has 7 unspecified atom stereocenters. The molecule has 44 heavy (non-hydrogen) atoms. The number of aliphatic hydroxyl groups excluding tert-OH is 4. The van der Waals surface area contributed by atoms with Crippen LogP contribution in [0, 0.1) is 0 Å². The Morgan fingerprint density at radius 1 is 0.636 bits per heavy atom. The first-order valence-corrected chi connectivity index (χ1v) is 18.6. The molecule has 7 atom stereocenters. The first-order chi connectivity index (χ1) is 21.3. The molecule has 0 radical (unpaired) electrons. The molecule has 2 aliphatic rings. The van der Waals surface area contributed by atoms with Gasteiger partial charge in [-0.25, -0.2) is 4.79 Å². The normalized spacial score (nSPS) is 23.0. The maximum absolute atomic E-state index is 11.7. The zero-order chi connectivity index (χ0) is 32.0.